The second-order valence-corrected chi connectivity index (χ2v) is 6.77. The number of hydrogen-bond donors (Lipinski definition) is 1. The minimum Gasteiger partial charge on any atom is -0.391 e. The average molecular weight is 335 g/mol. The SMILES string of the molecule is CC(N)C(=O)OC(=O)[C@H](C)N(C)N1C(=O)C2C3C=CC(C3)C2C1=O. The molecule has 2 bridgehead atoms. The van der Waals surface area contributed by atoms with E-state index in [0.717, 1.165) is 11.4 Å². The van der Waals surface area contributed by atoms with Crippen LogP contribution in [0.3, 0.4) is 0 Å². The van der Waals surface area contributed by atoms with E-state index in [2.05, 4.69) is 4.74 Å². The Balaban J connectivity index is 1.72. The zero-order valence-electron chi connectivity index (χ0n) is 13.8. The Morgan fingerprint density at radius 1 is 1.17 bits per heavy atom. The van der Waals surface area contributed by atoms with Gasteiger partial charge in [0.15, 0.2) is 0 Å². The second-order valence-electron chi connectivity index (χ2n) is 6.77. The zero-order chi connectivity index (χ0) is 17.8. The quantitative estimate of drug-likeness (QED) is 0.317. The fourth-order valence-corrected chi connectivity index (χ4v) is 3.80. The molecule has 1 aliphatic heterocycles. The maximum atomic E-state index is 12.7. The predicted octanol–water partition coefficient (Wildman–Crippen LogP) is -0.554. The summed E-state index contributed by atoms with van der Waals surface area (Å²) in [5.41, 5.74) is 5.36. The third kappa shape index (κ3) is 2.37. The van der Waals surface area contributed by atoms with Gasteiger partial charge in [-0.2, -0.15) is 0 Å². The van der Waals surface area contributed by atoms with Crippen LogP contribution in [0.15, 0.2) is 12.2 Å². The number of nitrogens with zero attached hydrogens (tertiary/aromatic N) is 2. The van der Waals surface area contributed by atoms with Gasteiger partial charge in [0.1, 0.15) is 12.1 Å². The molecule has 0 aromatic heterocycles. The molecular weight excluding hydrogens is 314 g/mol. The van der Waals surface area contributed by atoms with Gasteiger partial charge in [-0.05, 0) is 32.1 Å². The molecule has 3 rings (SSSR count). The monoisotopic (exact) mass is 335 g/mol. The lowest BCUT2D eigenvalue weighted by Crippen LogP contribution is -2.53. The molecule has 24 heavy (non-hydrogen) atoms. The Labute approximate surface area is 139 Å². The molecule has 2 aliphatic carbocycles. The number of hydrazine groups is 1. The molecule has 130 valence electrons. The Hall–Kier alpha value is -2.06. The minimum atomic E-state index is -0.968. The lowest BCUT2D eigenvalue weighted by Gasteiger charge is -2.31. The first-order valence-corrected chi connectivity index (χ1v) is 8.04. The van der Waals surface area contributed by atoms with Crippen molar-refractivity contribution in [2.75, 3.05) is 7.05 Å². The van der Waals surface area contributed by atoms with Crippen LogP contribution in [0, 0.1) is 23.7 Å². The fourth-order valence-electron chi connectivity index (χ4n) is 3.80. The summed E-state index contributed by atoms with van der Waals surface area (Å²) in [4.78, 5) is 48.9. The van der Waals surface area contributed by atoms with Crippen molar-refractivity contribution in [2.24, 2.45) is 29.4 Å². The number of hydrogen-bond acceptors (Lipinski definition) is 7. The molecular formula is C16H21N3O5. The first-order valence-electron chi connectivity index (χ1n) is 8.04. The highest BCUT2D eigenvalue weighted by Crippen LogP contribution is 2.52. The summed E-state index contributed by atoms with van der Waals surface area (Å²) in [6.45, 7) is 2.87. The lowest BCUT2D eigenvalue weighted by molar-refractivity contribution is -0.172. The Bertz CT molecular complexity index is 614. The molecule has 8 heteroatoms. The van der Waals surface area contributed by atoms with Crippen LogP contribution < -0.4 is 5.73 Å². The molecule has 1 saturated heterocycles. The minimum absolute atomic E-state index is 0.0942. The summed E-state index contributed by atoms with van der Waals surface area (Å²) >= 11 is 0. The van der Waals surface area contributed by atoms with E-state index in [9.17, 15) is 19.2 Å². The number of nitrogens with two attached hydrogens (primary N) is 1. The number of allylic oxidation sites excluding steroid dienone is 2. The number of esters is 2. The number of carbonyl (C=O) groups excluding carboxylic acids is 4. The number of ether oxygens (including phenoxy) is 1. The highest BCUT2D eigenvalue weighted by molar-refractivity contribution is 6.06. The molecule has 2 amide bonds. The molecule has 0 radical (unpaired) electrons. The lowest BCUT2D eigenvalue weighted by atomic mass is 9.85. The van der Waals surface area contributed by atoms with Crippen LogP contribution in [0.1, 0.15) is 20.3 Å². The Morgan fingerprint density at radius 2 is 1.67 bits per heavy atom. The molecule has 2 N–H and O–H groups in total. The van der Waals surface area contributed by atoms with Crippen LogP contribution in [0.5, 0.6) is 0 Å². The third-order valence-electron chi connectivity index (χ3n) is 5.24. The van der Waals surface area contributed by atoms with Gasteiger partial charge in [-0.3, -0.25) is 9.59 Å². The van der Waals surface area contributed by atoms with Gasteiger partial charge in [0, 0.05) is 7.05 Å². The molecule has 3 aliphatic rings. The van der Waals surface area contributed by atoms with Gasteiger partial charge in [0.2, 0.25) is 11.8 Å². The number of imide groups is 1. The van der Waals surface area contributed by atoms with Crippen LogP contribution in [0.25, 0.3) is 0 Å². The highest BCUT2D eigenvalue weighted by atomic mass is 16.6. The van der Waals surface area contributed by atoms with Crippen LogP contribution >= 0.6 is 0 Å². The first kappa shape index (κ1) is 16.8. The van der Waals surface area contributed by atoms with E-state index in [0.29, 0.717) is 0 Å². The first-order chi connectivity index (χ1) is 11.2. The molecule has 0 spiro atoms. The molecule has 0 aromatic carbocycles. The van der Waals surface area contributed by atoms with E-state index >= 15 is 0 Å². The molecule has 8 nitrogen and oxygen atoms in total. The molecule has 1 heterocycles. The standard InChI is InChI=1S/C16H21N3O5/c1-7(17)15(22)24-16(23)8(2)18(3)19-13(20)11-9-4-5-10(6-9)12(11)14(19)21/h4-5,7-12H,6,17H2,1-3H3/t7?,8-,9?,10?,11?,12?/m0/s1. The van der Waals surface area contributed by atoms with E-state index in [1.54, 1.807) is 0 Å². The van der Waals surface area contributed by atoms with Gasteiger partial charge >= 0.3 is 11.9 Å². The van der Waals surface area contributed by atoms with Crippen molar-refractivity contribution in [1.82, 2.24) is 10.0 Å². The number of carbonyl (C=O) groups is 4. The smallest absolute Gasteiger partial charge is 0.332 e. The van der Waals surface area contributed by atoms with Crippen molar-refractivity contribution in [3.63, 3.8) is 0 Å². The fraction of sp³-hybridized carbons (Fsp3) is 0.625. The molecule has 2 fully saturated rings. The van der Waals surface area contributed by atoms with Gasteiger partial charge in [-0.25, -0.2) is 19.6 Å². The van der Waals surface area contributed by atoms with Crippen LogP contribution in [-0.4, -0.2) is 52.9 Å². The summed E-state index contributed by atoms with van der Waals surface area (Å²) < 4.78 is 4.67. The molecule has 0 aromatic rings. The summed E-state index contributed by atoms with van der Waals surface area (Å²) in [5, 5.41) is 2.28. The van der Waals surface area contributed by atoms with E-state index in [-0.39, 0.29) is 35.5 Å². The predicted molar refractivity (Wildman–Crippen MR) is 81.5 cm³/mol. The van der Waals surface area contributed by atoms with Crippen LogP contribution in [0.4, 0.5) is 0 Å². The Kier molecular flexibility index (Phi) is 4.05. The summed E-state index contributed by atoms with van der Waals surface area (Å²) in [7, 11) is 1.47. The van der Waals surface area contributed by atoms with E-state index in [1.807, 2.05) is 12.2 Å². The maximum absolute atomic E-state index is 12.7. The highest BCUT2D eigenvalue weighted by Gasteiger charge is 2.60. The number of rotatable bonds is 4. The third-order valence-corrected chi connectivity index (χ3v) is 5.24. The van der Waals surface area contributed by atoms with Crippen molar-refractivity contribution in [3.8, 4) is 0 Å². The number of amides is 2. The molecule has 1 saturated carbocycles. The van der Waals surface area contributed by atoms with Crippen LogP contribution in [-0.2, 0) is 23.9 Å². The largest absolute Gasteiger partial charge is 0.391 e. The van der Waals surface area contributed by atoms with Crippen molar-refractivity contribution in [2.45, 2.75) is 32.4 Å². The van der Waals surface area contributed by atoms with Gasteiger partial charge in [0.05, 0.1) is 11.8 Å². The van der Waals surface area contributed by atoms with E-state index in [1.165, 1.54) is 25.9 Å². The summed E-state index contributed by atoms with van der Waals surface area (Å²) in [5.74, 6) is -2.77. The Morgan fingerprint density at radius 3 is 2.12 bits per heavy atom. The summed E-state index contributed by atoms with van der Waals surface area (Å²) in [6, 6.07) is -1.90. The maximum Gasteiger partial charge on any atom is 0.332 e. The van der Waals surface area contributed by atoms with Crippen molar-refractivity contribution < 1.29 is 23.9 Å². The average Bonchev–Trinajstić information content (AvgIpc) is 3.19. The van der Waals surface area contributed by atoms with Gasteiger partial charge in [-0.15, -0.1) is 0 Å². The second kappa shape index (κ2) is 5.78. The number of fused-ring (bicyclic) bond motifs is 5. The van der Waals surface area contributed by atoms with Crippen molar-refractivity contribution in [1.29, 1.82) is 0 Å². The number of likely N-dealkylation sites (N-methyl/N-ethyl adjacent to an activating group) is 1. The zero-order valence-corrected chi connectivity index (χ0v) is 13.8. The normalized spacial score (nSPS) is 33.1. The van der Waals surface area contributed by atoms with E-state index in [4.69, 9.17) is 5.73 Å². The topological polar surface area (TPSA) is 110 Å². The van der Waals surface area contributed by atoms with E-state index < -0.39 is 24.0 Å². The molecule has 5 unspecified atom stereocenters. The van der Waals surface area contributed by atoms with Gasteiger partial charge in [-0.1, -0.05) is 12.2 Å². The van der Waals surface area contributed by atoms with Gasteiger partial charge < -0.3 is 10.5 Å². The van der Waals surface area contributed by atoms with Crippen LogP contribution in [0.2, 0.25) is 0 Å². The van der Waals surface area contributed by atoms with Gasteiger partial charge in [0.25, 0.3) is 0 Å². The van der Waals surface area contributed by atoms with Crippen molar-refractivity contribution >= 4 is 23.8 Å². The van der Waals surface area contributed by atoms with Crippen molar-refractivity contribution in [3.05, 3.63) is 12.2 Å². The summed E-state index contributed by atoms with van der Waals surface area (Å²) in [6.07, 6.45) is 4.84. The molecule has 6 atom stereocenters.